The van der Waals surface area contributed by atoms with Crippen molar-refractivity contribution in [1.29, 1.82) is 0 Å². The summed E-state index contributed by atoms with van der Waals surface area (Å²) in [4.78, 5) is 41.5. The van der Waals surface area contributed by atoms with E-state index in [2.05, 4.69) is 0 Å². The fourth-order valence-electron chi connectivity index (χ4n) is 7.38. The summed E-state index contributed by atoms with van der Waals surface area (Å²) >= 11 is 0. The van der Waals surface area contributed by atoms with Gasteiger partial charge in [-0.1, -0.05) is 36.4 Å². The molecule has 2 heterocycles. The number of rotatable bonds is 7. The first-order valence-electron chi connectivity index (χ1n) is 16.1. The van der Waals surface area contributed by atoms with E-state index in [0.717, 1.165) is 54.2 Å². The van der Waals surface area contributed by atoms with E-state index in [9.17, 15) is 19.5 Å². The van der Waals surface area contributed by atoms with Gasteiger partial charge in [-0.05, 0) is 97.9 Å². The Hall–Kier alpha value is -4.69. The molecule has 0 saturated carbocycles. The highest BCUT2D eigenvalue weighted by atomic mass is 16.6. The molecule has 46 heavy (non-hydrogen) atoms. The van der Waals surface area contributed by atoms with Gasteiger partial charge in [0.05, 0.1) is 11.3 Å². The third kappa shape index (κ3) is 5.30. The van der Waals surface area contributed by atoms with Gasteiger partial charge in [-0.15, -0.1) is 0 Å². The number of carbonyl (C=O) groups excluding carboxylic acids is 1. The van der Waals surface area contributed by atoms with Gasteiger partial charge in [0.25, 0.3) is 0 Å². The number of hydrogen-bond donors (Lipinski definition) is 1. The van der Waals surface area contributed by atoms with Gasteiger partial charge in [0.15, 0.2) is 0 Å². The van der Waals surface area contributed by atoms with Crippen molar-refractivity contribution in [2.75, 3.05) is 19.0 Å². The summed E-state index contributed by atoms with van der Waals surface area (Å²) in [7, 11) is 3.72. The highest BCUT2D eigenvalue weighted by Gasteiger charge is 2.32. The minimum absolute atomic E-state index is 0.171. The Labute approximate surface area is 266 Å². The van der Waals surface area contributed by atoms with Crippen molar-refractivity contribution in [1.82, 2.24) is 0 Å². The summed E-state index contributed by atoms with van der Waals surface area (Å²) in [6, 6.07) is 18.1. The number of aliphatic hydroxyl groups is 1. The quantitative estimate of drug-likeness (QED) is 0.169. The third-order valence-electron chi connectivity index (χ3n) is 9.56. The maximum Gasteiger partial charge on any atom is 0.340 e. The van der Waals surface area contributed by atoms with Crippen LogP contribution in [-0.2, 0) is 36.8 Å². The molecular weight excluding hydrogens is 582 g/mol. The van der Waals surface area contributed by atoms with Crippen molar-refractivity contribution in [3.05, 3.63) is 120 Å². The van der Waals surface area contributed by atoms with Crippen LogP contribution in [0.4, 0.5) is 5.69 Å². The Balaban J connectivity index is 1.37. The van der Waals surface area contributed by atoms with Gasteiger partial charge in [0, 0.05) is 42.4 Å². The van der Waals surface area contributed by atoms with Crippen LogP contribution in [0.2, 0.25) is 0 Å². The lowest BCUT2D eigenvalue weighted by Gasteiger charge is -2.27. The highest BCUT2D eigenvalue weighted by Crippen LogP contribution is 2.37. The largest absolute Gasteiger partial charge is 0.455 e. The van der Waals surface area contributed by atoms with E-state index in [4.69, 9.17) is 13.6 Å². The van der Waals surface area contributed by atoms with Gasteiger partial charge in [0.1, 0.15) is 23.4 Å². The van der Waals surface area contributed by atoms with E-state index in [0.29, 0.717) is 63.8 Å². The molecule has 8 heteroatoms. The number of ether oxygens (including phenoxy) is 1. The number of nitrogens with zero attached hydrogens (tertiary/aromatic N) is 1. The number of para-hydroxylation sites is 1. The van der Waals surface area contributed by atoms with Crippen molar-refractivity contribution < 1.29 is 23.5 Å². The molecule has 0 fully saturated rings. The average Bonchev–Trinajstić information content (AvgIpc) is 3.07. The molecular formula is C38H37NO7. The third-order valence-corrected chi connectivity index (χ3v) is 9.56. The smallest absolute Gasteiger partial charge is 0.340 e. The number of benzene rings is 3. The SMILES string of the molecule is CN(C)c1ccccc1C(=O)OC(Cc1cccc2oc(=O)c3c(c12)CCCC3)C(O)c1cccc2oc(=O)c3c(c12)CCCC3. The first-order chi connectivity index (χ1) is 22.3. The summed E-state index contributed by atoms with van der Waals surface area (Å²) < 4.78 is 17.8. The second kappa shape index (κ2) is 12.2. The fourth-order valence-corrected chi connectivity index (χ4v) is 7.38. The van der Waals surface area contributed by atoms with E-state index >= 15 is 0 Å². The predicted octanol–water partition coefficient (Wildman–Crippen LogP) is 6.22. The van der Waals surface area contributed by atoms with E-state index in [1.807, 2.05) is 49.3 Å². The number of hydrogen-bond acceptors (Lipinski definition) is 8. The zero-order chi connectivity index (χ0) is 31.9. The Morgan fingerprint density at radius 2 is 1.33 bits per heavy atom. The average molecular weight is 620 g/mol. The lowest BCUT2D eigenvalue weighted by atomic mass is 9.85. The Kier molecular flexibility index (Phi) is 7.99. The molecule has 7 rings (SSSR count). The normalized spacial score (nSPS) is 15.6. The first kappa shape index (κ1) is 30.0. The molecule has 3 aromatic carbocycles. The van der Waals surface area contributed by atoms with Crippen molar-refractivity contribution in [3.63, 3.8) is 0 Å². The summed E-state index contributed by atoms with van der Waals surface area (Å²) in [6.45, 7) is 0. The fraction of sp³-hybridized carbons (Fsp3) is 0.342. The molecule has 0 saturated heterocycles. The topological polar surface area (TPSA) is 110 Å². The number of aliphatic hydroxyl groups excluding tert-OH is 1. The molecule has 0 radical (unpaired) electrons. The van der Waals surface area contributed by atoms with Gasteiger partial charge in [-0.2, -0.15) is 0 Å². The molecule has 2 aliphatic carbocycles. The molecule has 0 amide bonds. The monoisotopic (exact) mass is 619 g/mol. The van der Waals surface area contributed by atoms with Crippen LogP contribution in [0.3, 0.4) is 0 Å². The van der Waals surface area contributed by atoms with E-state index in [1.165, 1.54) is 0 Å². The van der Waals surface area contributed by atoms with Crippen LogP contribution in [0, 0.1) is 0 Å². The van der Waals surface area contributed by atoms with Crippen LogP contribution in [0.15, 0.2) is 79.1 Å². The van der Waals surface area contributed by atoms with Crippen LogP contribution >= 0.6 is 0 Å². The van der Waals surface area contributed by atoms with Gasteiger partial charge >= 0.3 is 17.2 Å². The van der Waals surface area contributed by atoms with Crippen LogP contribution in [-0.4, -0.2) is 31.3 Å². The van der Waals surface area contributed by atoms with Crippen LogP contribution in [0.25, 0.3) is 21.9 Å². The number of anilines is 1. The molecule has 2 aromatic heterocycles. The van der Waals surface area contributed by atoms with E-state index in [-0.39, 0.29) is 17.7 Å². The summed E-state index contributed by atoms with van der Waals surface area (Å²) in [6.07, 6.45) is 4.39. The summed E-state index contributed by atoms with van der Waals surface area (Å²) in [5.74, 6) is -0.559. The standard InChI is InChI=1S/C38H37NO7/c1-39(2)29-18-8-7-16-27(29)38(43)46-32(21-22-11-9-19-30-33(22)23-12-3-5-14-25(23)36(41)44-30)35(40)28-17-10-20-31-34(28)24-13-4-6-15-26(24)37(42)45-31/h7-11,16-20,32,35,40H,3-6,12-15,21H2,1-2H3. The molecule has 5 aromatic rings. The van der Waals surface area contributed by atoms with Crippen LogP contribution in [0.5, 0.6) is 0 Å². The van der Waals surface area contributed by atoms with Crippen molar-refractivity contribution in [3.8, 4) is 0 Å². The second-order valence-corrected chi connectivity index (χ2v) is 12.6. The van der Waals surface area contributed by atoms with Crippen molar-refractivity contribution in [2.45, 2.75) is 70.0 Å². The first-order valence-corrected chi connectivity index (χ1v) is 16.1. The maximum absolute atomic E-state index is 13.9. The number of esters is 1. The summed E-state index contributed by atoms with van der Waals surface area (Å²) in [5, 5.41) is 13.8. The highest BCUT2D eigenvalue weighted by molar-refractivity contribution is 5.96. The van der Waals surface area contributed by atoms with Crippen molar-refractivity contribution in [2.24, 2.45) is 0 Å². The van der Waals surface area contributed by atoms with Crippen LogP contribution < -0.4 is 16.2 Å². The molecule has 2 unspecified atom stereocenters. The lowest BCUT2D eigenvalue weighted by molar-refractivity contribution is -0.0184. The molecule has 0 aliphatic heterocycles. The molecule has 1 N–H and O–H groups in total. The number of carbonyl (C=O) groups is 1. The van der Waals surface area contributed by atoms with Gasteiger partial charge in [-0.25, -0.2) is 14.4 Å². The number of fused-ring (bicyclic) bond motifs is 6. The zero-order valence-corrected chi connectivity index (χ0v) is 26.1. The maximum atomic E-state index is 13.9. The minimum atomic E-state index is -1.25. The molecule has 0 bridgehead atoms. The molecule has 2 atom stereocenters. The summed E-state index contributed by atoms with van der Waals surface area (Å²) in [5.41, 5.74) is 5.95. The second-order valence-electron chi connectivity index (χ2n) is 12.6. The predicted molar refractivity (Wildman–Crippen MR) is 177 cm³/mol. The lowest BCUT2D eigenvalue weighted by Crippen LogP contribution is -2.29. The van der Waals surface area contributed by atoms with Gasteiger partial charge in [-0.3, -0.25) is 0 Å². The molecule has 0 spiro atoms. The zero-order valence-electron chi connectivity index (χ0n) is 26.1. The number of aryl methyl sites for hydroxylation is 2. The minimum Gasteiger partial charge on any atom is -0.455 e. The molecule has 236 valence electrons. The van der Waals surface area contributed by atoms with Crippen LogP contribution in [0.1, 0.15) is 75.5 Å². The van der Waals surface area contributed by atoms with E-state index in [1.54, 1.807) is 30.3 Å². The van der Waals surface area contributed by atoms with Crippen molar-refractivity contribution >= 4 is 33.6 Å². The Morgan fingerprint density at radius 1 is 0.761 bits per heavy atom. The Bertz CT molecular complexity index is 2090. The molecule has 8 nitrogen and oxygen atoms in total. The van der Waals surface area contributed by atoms with E-state index < -0.39 is 18.2 Å². The molecule has 2 aliphatic rings. The van der Waals surface area contributed by atoms with Gasteiger partial charge in [0.2, 0.25) is 0 Å². The van der Waals surface area contributed by atoms with Gasteiger partial charge < -0.3 is 23.6 Å². The Morgan fingerprint density at radius 3 is 1.98 bits per heavy atom.